The van der Waals surface area contributed by atoms with Crippen LogP contribution in [0.1, 0.15) is 20.3 Å². The quantitative estimate of drug-likeness (QED) is 0.812. The van der Waals surface area contributed by atoms with E-state index in [-0.39, 0.29) is 5.75 Å². The van der Waals surface area contributed by atoms with Gasteiger partial charge in [-0.3, -0.25) is 0 Å². The summed E-state index contributed by atoms with van der Waals surface area (Å²) in [5.41, 5.74) is 0. The highest BCUT2D eigenvalue weighted by Crippen LogP contribution is 2.28. The molecule has 1 N–H and O–H groups in total. The number of rotatable bonds is 6. The van der Waals surface area contributed by atoms with Crippen molar-refractivity contribution >= 4 is 15.9 Å². The van der Waals surface area contributed by atoms with E-state index in [1.807, 2.05) is 0 Å². The molecule has 96 valence electrons. The van der Waals surface area contributed by atoms with Gasteiger partial charge in [0, 0.05) is 18.7 Å². The van der Waals surface area contributed by atoms with E-state index < -0.39 is 11.6 Å². The molecule has 0 aromatic heterocycles. The normalized spacial score (nSPS) is 12.5. The molecule has 0 spiro atoms. The van der Waals surface area contributed by atoms with Gasteiger partial charge in [0.15, 0.2) is 11.6 Å². The van der Waals surface area contributed by atoms with Crippen molar-refractivity contribution in [3.05, 3.63) is 28.2 Å². The molecular formula is C12H16BrF2NO. The minimum atomic E-state index is -0.694. The lowest BCUT2D eigenvalue weighted by atomic mass is 10.3. The van der Waals surface area contributed by atoms with E-state index in [1.54, 1.807) is 0 Å². The number of hydrogen-bond acceptors (Lipinski definition) is 2. The lowest BCUT2D eigenvalue weighted by Gasteiger charge is -2.13. The Labute approximate surface area is 108 Å². The minimum Gasteiger partial charge on any atom is -0.488 e. The van der Waals surface area contributed by atoms with Gasteiger partial charge in [0.2, 0.25) is 0 Å². The van der Waals surface area contributed by atoms with Crippen LogP contribution >= 0.6 is 15.9 Å². The molecule has 1 aromatic carbocycles. The van der Waals surface area contributed by atoms with E-state index in [2.05, 4.69) is 35.1 Å². The van der Waals surface area contributed by atoms with Gasteiger partial charge in [0.25, 0.3) is 0 Å². The zero-order chi connectivity index (χ0) is 12.8. The molecule has 0 saturated carbocycles. The van der Waals surface area contributed by atoms with Gasteiger partial charge in [-0.2, -0.15) is 0 Å². The summed E-state index contributed by atoms with van der Waals surface area (Å²) in [7, 11) is 0. The average Bonchev–Trinajstić information content (AvgIpc) is 2.26. The molecule has 0 heterocycles. The zero-order valence-corrected chi connectivity index (χ0v) is 11.5. The van der Waals surface area contributed by atoms with Gasteiger partial charge in [-0.1, -0.05) is 6.92 Å². The molecule has 0 amide bonds. The van der Waals surface area contributed by atoms with E-state index in [9.17, 15) is 8.78 Å². The van der Waals surface area contributed by atoms with E-state index in [0.717, 1.165) is 12.5 Å². The van der Waals surface area contributed by atoms with Crippen LogP contribution in [0.4, 0.5) is 8.78 Å². The molecule has 0 aliphatic carbocycles. The molecule has 0 fully saturated rings. The molecule has 1 unspecified atom stereocenters. The number of halogens is 3. The van der Waals surface area contributed by atoms with Crippen LogP contribution in [0.15, 0.2) is 16.6 Å². The Hall–Kier alpha value is -0.680. The number of nitrogens with one attached hydrogen (secondary N) is 1. The van der Waals surface area contributed by atoms with Gasteiger partial charge < -0.3 is 10.1 Å². The van der Waals surface area contributed by atoms with Crippen LogP contribution in [0.3, 0.4) is 0 Å². The number of hydrogen-bond donors (Lipinski definition) is 1. The van der Waals surface area contributed by atoms with Crippen molar-refractivity contribution in [3.8, 4) is 5.75 Å². The first kappa shape index (κ1) is 14.4. The second kappa shape index (κ2) is 6.91. The molecule has 0 aliphatic rings. The first-order valence-electron chi connectivity index (χ1n) is 5.55. The summed E-state index contributed by atoms with van der Waals surface area (Å²) in [6.07, 6.45) is 1.02. The molecule has 0 aliphatic heterocycles. The van der Waals surface area contributed by atoms with E-state index in [4.69, 9.17) is 4.74 Å². The summed E-state index contributed by atoms with van der Waals surface area (Å²) in [6.45, 7) is 5.10. The van der Waals surface area contributed by atoms with Crippen LogP contribution in [0.2, 0.25) is 0 Å². The highest BCUT2D eigenvalue weighted by molar-refractivity contribution is 9.10. The van der Waals surface area contributed by atoms with Crippen LogP contribution in [-0.2, 0) is 0 Å². The van der Waals surface area contributed by atoms with Gasteiger partial charge in [-0.25, -0.2) is 8.78 Å². The van der Waals surface area contributed by atoms with Crippen LogP contribution < -0.4 is 10.1 Å². The third-order valence-electron chi connectivity index (χ3n) is 2.42. The summed E-state index contributed by atoms with van der Waals surface area (Å²) in [6, 6.07) is 2.39. The van der Waals surface area contributed by atoms with Crippen LogP contribution in [0.5, 0.6) is 5.75 Å². The topological polar surface area (TPSA) is 21.3 Å². The Morgan fingerprint density at radius 2 is 2.12 bits per heavy atom. The van der Waals surface area contributed by atoms with Crippen molar-refractivity contribution in [3.63, 3.8) is 0 Å². The predicted octanol–water partition coefficient (Wildman–Crippen LogP) is 3.49. The van der Waals surface area contributed by atoms with Crippen LogP contribution in [0, 0.1) is 11.6 Å². The fourth-order valence-corrected chi connectivity index (χ4v) is 1.79. The fraction of sp³-hybridized carbons (Fsp3) is 0.500. The smallest absolute Gasteiger partial charge is 0.169 e. The molecule has 0 saturated heterocycles. The number of benzene rings is 1. The van der Waals surface area contributed by atoms with Crippen molar-refractivity contribution in [2.75, 3.05) is 13.2 Å². The Bertz CT molecular complexity index is 351. The Morgan fingerprint density at radius 3 is 2.71 bits per heavy atom. The van der Waals surface area contributed by atoms with Crippen molar-refractivity contribution in [1.82, 2.24) is 5.32 Å². The van der Waals surface area contributed by atoms with Gasteiger partial charge in [-0.15, -0.1) is 0 Å². The summed E-state index contributed by atoms with van der Waals surface area (Å²) in [4.78, 5) is 0. The molecule has 0 radical (unpaired) electrons. The second-order valence-electron chi connectivity index (χ2n) is 3.81. The molecule has 2 nitrogen and oxygen atoms in total. The summed E-state index contributed by atoms with van der Waals surface area (Å²) in [5.74, 6) is -1.27. The maximum absolute atomic E-state index is 13.3. The summed E-state index contributed by atoms with van der Waals surface area (Å²) < 4.78 is 31.7. The predicted molar refractivity (Wildman–Crippen MR) is 67.3 cm³/mol. The van der Waals surface area contributed by atoms with Crippen molar-refractivity contribution < 1.29 is 13.5 Å². The highest BCUT2D eigenvalue weighted by atomic mass is 79.9. The molecule has 1 aromatic rings. The molecule has 0 bridgehead atoms. The largest absolute Gasteiger partial charge is 0.488 e. The van der Waals surface area contributed by atoms with Crippen molar-refractivity contribution in [1.29, 1.82) is 0 Å². The highest BCUT2D eigenvalue weighted by Gasteiger charge is 2.10. The van der Waals surface area contributed by atoms with Crippen molar-refractivity contribution in [2.45, 2.75) is 26.3 Å². The summed E-state index contributed by atoms with van der Waals surface area (Å²) >= 11 is 3.07. The second-order valence-corrected chi connectivity index (χ2v) is 4.66. The lowest BCUT2D eigenvalue weighted by Crippen LogP contribution is -2.29. The number of ether oxygens (including phenoxy) is 1. The van der Waals surface area contributed by atoms with E-state index >= 15 is 0 Å². The average molecular weight is 308 g/mol. The molecule has 17 heavy (non-hydrogen) atoms. The fourth-order valence-electron chi connectivity index (χ4n) is 1.27. The third kappa shape index (κ3) is 4.60. The Kier molecular flexibility index (Phi) is 5.85. The minimum absolute atomic E-state index is 0.0531. The Balaban J connectivity index is 2.47. The zero-order valence-electron chi connectivity index (χ0n) is 9.90. The van der Waals surface area contributed by atoms with Crippen LogP contribution in [-0.4, -0.2) is 19.2 Å². The third-order valence-corrected chi connectivity index (χ3v) is 3.01. The monoisotopic (exact) mass is 307 g/mol. The molecule has 5 heteroatoms. The molecule has 1 atom stereocenters. The van der Waals surface area contributed by atoms with Gasteiger partial charge in [0.05, 0.1) is 4.47 Å². The van der Waals surface area contributed by atoms with Gasteiger partial charge in [0.1, 0.15) is 12.4 Å². The summed E-state index contributed by atoms with van der Waals surface area (Å²) in [5, 5.41) is 3.22. The first-order chi connectivity index (χ1) is 8.04. The van der Waals surface area contributed by atoms with Crippen LogP contribution in [0.25, 0.3) is 0 Å². The first-order valence-corrected chi connectivity index (χ1v) is 6.34. The maximum atomic E-state index is 13.3. The molecule has 1 rings (SSSR count). The lowest BCUT2D eigenvalue weighted by molar-refractivity contribution is 0.289. The standard InChI is InChI=1S/C12H16BrF2NO/c1-3-8(2)16-4-5-17-12-10(13)6-9(14)7-11(12)15/h6-8,16H,3-5H2,1-2H3. The van der Waals surface area contributed by atoms with Gasteiger partial charge >= 0.3 is 0 Å². The van der Waals surface area contributed by atoms with Crippen molar-refractivity contribution in [2.24, 2.45) is 0 Å². The van der Waals surface area contributed by atoms with E-state index in [1.165, 1.54) is 6.07 Å². The Morgan fingerprint density at radius 1 is 1.41 bits per heavy atom. The molecular weight excluding hydrogens is 292 g/mol. The van der Waals surface area contributed by atoms with Gasteiger partial charge in [-0.05, 0) is 35.3 Å². The van der Waals surface area contributed by atoms with E-state index in [0.29, 0.717) is 23.7 Å². The SMILES string of the molecule is CCC(C)NCCOc1c(F)cc(F)cc1Br. The maximum Gasteiger partial charge on any atom is 0.169 e.